The minimum atomic E-state index is -0.834. The van der Waals surface area contributed by atoms with Gasteiger partial charge in [-0.05, 0) is 13.8 Å². The molecule has 0 radical (unpaired) electrons. The van der Waals surface area contributed by atoms with Gasteiger partial charge < -0.3 is 9.67 Å². The summed E-state index contributed by atoms with van der Waals surface area (Å²) in [5.41, 5.74) is 0. The standard InChI is InChI=1S/C8H12N2O2S/c1-8(2,6(11)12)13-7-9-4-5-10(7)3/h4-5H,1-3H3,(H,11,12). The van der Waals surface area contributed by atoms with Gasteiger partial charge in [0.2, 0.25) is 0 Å². The first-order chi connectivity index (χ1) is 5.93. The predicted octanol–water partition coefficient (Wildman–Crippen LogP) is 1.38. The fraction of sp³-hybridized carbons (Fsp3) is 0.500. The van der Waals surface area contributed by atoms with E-state index in [1.165, 1.54) is 11.8 Å². The Balaban J connectivity index is 2.80. The second-order valence-electron chi connectivity index (χ2n) is 3.24. The molecule has 0 aliphatic rings. The van der Waals surface area contributed by atoms with Gasteiger partial charge in [0.05, 0.1) is 0 Å². The molecule has 0 fully saturated rings. The predicted molar refractivity (Wildman–Crippen MR) is 50.8 cm³/mol. The summed E-state index contributed by atoms with van der Waals surface area (Å²) >= 11 is 1.24. The second-order valence-corrected chi connectivity index (χ2v) is 4.83. The first kappa shape index (κ1) is 10.1. The number of aliphatic carboxylic acids is 1. The van der Waals surface area contributed by atoms with Crippen molar-refractivity contribution < 1.29 is 9.90 Å². The lowest BCUT2D eigenvalue weighted by atomic mass is 10.2. The summed E-state index contributed by atoms with van der Waals surface area (Å²) in [6.07, 6.45) is 3.44. The number of aryl methyl sites for hydroxylation is 1. The average molecular weight is 200 g/mol. The Kier molecular flexibility index (Phi) is 2.66. The molecule has 0 bridgehead atoms. The molecule has 1 aromatic heterocycles. The number of hydrogen-bond acceptors (Lipinski definition) is 3. The molecule has 13 heavy (non-hydrogen) atoms. The average Bonchev–Trinajstić information content (AvgIpc) is 2.35. The van der Waals surface area contributed by atoms with Crippen molar-refractivity contribution >= 4 is 17.7 Å². The van der Waals surface area contributed by atoms with E-state index in [-0.39, 0.29) is 0 Å². The van der Waals surface area contributed by atoms with E-state index in [0.717, 1.165) is 0 Å². The zero-order valence-corrected chi connectivity index (χ0v) is 8.63. The largest absolute Gasteiger partial charge is 0.480 e. The first-order valence-corrected chi connectivity index (χ1v) is 4.65. The molecule has 1 rings (SSSR count). The van der Waals surface area contributed by atoms with Gasteiger partial charge >= 0.3 is 5.97 Å². The number of nitrogens with zero attached hydrogens (tertiary/aromatic N) is 2. The van der Waals surface area contributed by atoms with Crippen LogP contribution >= 0.6 is 11.8 Å². The number of carboxylic acid groups (broad SMARTS) is 1. The van der Waals surface area contributed by atoms with Crippen molar-refractivity contribution in [3.8, 4) is 0 Å². The van der Waals surface area contributed by atoms with Crippen LogP contribution in [0.15, 0.2) is 17.6 Å². The second kappa shape index (κ2) is 3.41. The highest BCUT2D eigenvalue weighted by atomic mass is 32.2. The summed E-state index contributed by atoms with van der Waals surface area (Å²) in [5, 5.41) is 9.59. The van der Waals surface area contributed by atoms with Crippen LogP contribution in [0.25, 0.3) is 0 Å². The highest BCUT2D eigenvalue weighted by molar-refractivity contribution is 8.01. The van der Waals surface area contributed by atoms with E-state index in [1.54, 1.807) is 30.8 Å². The molecule has 1 N–H and O–H groups in total. The third-order valence-electron chi connectivity index (χ3n) is 1.64. The number of rotatable bonds is 3. The van der Waals surface area contributed by atoms with E-state index in [4.69, 9.17) is 5.11 Å². The Bertz CT molecular complexity index is 320. The van der Waals surface area contributed by atoms with Crippen LogP contribution in [0.2, 0.25) is 0 Å². The molecule has 0 aliphatic heterocycles. The van der Waals surface area contributed by atoms with Gasteiger partial charge in [0.1, 0.15) is 4.75 Å². The maximum Gasteiger partial charge on any atom is 0.319 e. The summed E-state index contributed by atoms with van der Waals surface area (Å²) in [6.45, 7) is 3.32. The smallest absolute Gasteiger partial charge is 0.319 e. The van der Waals surface area contributed by atoms with Crippen LogP contribution in [0.1, 0.15) is 13.8 Å². The maximum absolute atomic E-state index is 10.8. The van der Waals surface area contributed by atoms with Crippen LogP contribution in [0.3, 0.4) is 0 Å². The van der Waals surface area contributed by atoms with Gasteiger partial charge in [0.25, 0.3) is 0 Å². The van der Waals surface area contributed by atoms with Crippen molar-refractivity contribution in [1.29, 1.82) is 0 Å². The van der Waals surface area contributed by atoms with Crippen molar-refractivity contribution in [2.24, 2.45) is 7.05 Å². The summed E-state index contributed by atoms with van der Waals surface area (Å²) < 4.78 is 0.967. The van der Waals surface area contributed by atoms with Crippen LogP contribution in [0.5, 0.6) is 0 Å². The molecular formula is C8H12N2O2S. The third kappa shape index (κ3) is 2.24. The molecular weight excluding hydrogens is 188 g/mol. The van der Waals surface area contributed by atoms with Gasteiger partial charge in [-0.15, -0.1) is 0 Å². The summed E-state index contributed by atoms with van der Waals surface area (Å²) in [5.74, 6) is -0.833. The van der Waals surface area contributed by atoms with Crippen LogP contribution in [-0.4, -0.2) is 25.4 Å². The lowest BCUT2D eigenvalue weighted by Gasteiger charge is -2.17. The number of imidazole rings is 1. The van der Waals surface area contributed by atoms with Crippen LogP contribution < -0.4 is 0 Å². The fourth-order valence-electron chi connectivity index (χ4n) is 0.722. The van der Waals surface area contributed by atoms with Crippen molar-refractivity contribution in [2.75, 3.05) is 0 Å². The summed E-state index contributed by atoms with van der Waals surface area (Å²) in [7, 11) is 1.84. The van der Waals surface area contributed by atoms with Crippen molar-refractivity contribution in [3.63, 3.8) is 0 Å². The molecule has 0 aliphatic carbocycles. The number of hydrogen-bond donors (Lipinski definition) is 1. The molecule has 0 unspecified atom stereocenters. The Morgan fingerprint density at radius 3 is 2.69 bits per heavy atom. The lowest BCUT2D eigenvalue weighted by Crippen LogP contribution is -2.27. The summed E-state index contributed by atoms with van der Waals surface area (Å²) in [6, 6.07) is 0. The maximum atomic E-state index is 10.8. The van der Waals surface area contributed by atoms with Gasteiger partial charge in [-0.2, -0.15) is 0 Å². The van der Waals surface area contributed by atoms with E-state index in [0.29, 0.717) is 5.16 Å². The topological polar surface area (TPSA) is 55.1 Å². The molecule has 1 heterocycles. The van der Waals surface area contributed by atoms with Gasteiger partial charge in [0.15, 0.2) is 5.16 Å². The molecule has 1 aromatic rings. The molecule has 5 heteroatoms. The van der Waals surface area contributed by atoms with Crippen LogP contribution in [0, 0.1) is 0 Å². The molecule has 72 valence electrons. The Labute approximate surface area is 81.0 Å². The van der Waals surface area contributed by atoms with Gasteiger partial charge in [-0.1, -0.05) is 11.8 Å². The van der Waals surface area contributed by atoms with Crippen molar-refractivity contribution in [1.82, 2.24) is 9.55 Å². The highest BCUT2D eigenvalue weighted by Gasteiger charge is 2.29. The van der Waals surface area contributed by atoms with Gasteiger partial charge in [0, 0.05) is 19.4 Å². The first-order valence-electron chi connectivity index (χ1n) is 3.83. The Hall–Kier alpha value is -0.970. The number of aromatic nitrogens is 2. The molecule has 4 nitrogen and oxygen atoms in total. The Morgan fingerprint density at radius 1 is 1.69 bits per heavy atom. The van der Waals surface area contributed by atoms with Gasteiger partial charge in [-0.25, -0.2) is 4.98 Å². The lowest BCUT2D eigenvalue weighted by molar-refractivity contribution is -0.138. The molecule has 0 saturated heterocycles. The summed E-state index contributed by atoms with van der Waals surface area (Å²) in [4.78, 5) is 14.8. The fourth-order valence-corrected chi connectivity index (χ4v) is 1.58. The third-order valence-corrected chi connectivity index (χ3v) is 2.90. The number of thioether (sulfide) groups is 1. The molecule has 0 atom stereocenters. The minimum Gasteiger partial charge on any atom is -0.480 e. The van der Waals surface area contributed by atoms with Crippen molar-refractivity contribution in [2.45, 2.75) is 23.8 Å². The zero-order valence-electron chi connectivity index (χ0n) is 7.81. The normalized spacial score (nSPS) is 11.6. The SMILES string of the molecule is Cn1ccnc1SC(C)(C)C(=O)O. The van der Waals surface area contributed by atoms with E-state index in [9.17, 15) is 4.79 Å². The number of carboxylic acids is 1. The molecule has 0 aromatic carbocycles. The van der Waals surface area contributed by atoms with E-state index in [1.807, 2.05) is 7.05 Å². The van der Waals surface area contributed by atoms with Crippen molar-refractivity contribution in [3.05, 3.63) is 12.4 Å². The quantitative estimate of drug-likeness (QED) is 0.749. The van der Waals surface area contributed by atoms with Gasteiger partial charge in [-0.3, -0.25) is 4.79 Å². The molecule has 0 spiro atoms. The van der Waals surface area contributed by atoms with E-state index in [2.05, 4.69) is 4.98 Å². The monoisotopic (exact) mass is 200 g/mol. The van der Waals surface area contributed by atoms with Crippen LogP contribution in [-0.2, 0) is 11.8 Å². The van der Waals surface area contributed by atoms with E-state index < -0.39 is 10.7 Å². The highest BCUT2D eigenvalue weighted by Crippen LogP contribution is 2.30. The molecule has 0 saturated carbocycles. The Morgan fingerprint density at radius 2 is 2.31 bits per heavy atom. The number of carbonyl (C=O) groups is 1. The van der Waals surface area contributed by atoms with Crippen LogP contribution in [0.4, 0.5) is 0 Å². The minimum absolute atomic E-state index is 0.715. The molecule has 0 amide bonds. The zero-order chi connectivity index (χ0) is 10.1. The van der Waals surface area contributed by atoms with E-state index >= 15 is 0 Å².